The van der Waals surface area contributed by atoms with Gasteiger partial charge in [-0.3, -0.25) is 0 Å². The van der Waals surface area contributed by atoms with Crippen molar-refractivity contribution < 1.29 is 4.74 Å². The molecule has 0 aromatic carbocycles. The normalized spacial score (nSPS) is 10.9. The lowest BCUT2D eigenvalue weighted by Crippen LogP contribution is -2.10. The molecular weight excluding hydrogens is 270 g/mol. The van der Waals surface area contributed by atoms with Crippen LogP contribution < -0.4 is 5.32 Å². The van der Waals surface area contributed by atoms with Crippen molar-refractivity contribution in [2.45, 2.75) is 33.7 Å². The number of aryl methyl sites for hydroxylation is 2. The maximum atomic E-state index is 5.33. The van der Waals surface area contributed by atoms with Gasteiger partial charge < -0.3 is 14.6 Å². The van der Waals surface area contributed by atoms with E-state index in [0.717, 1.165) is 38.7 Å². The maximum absolute atomic E-state index is 5.33. The Hall–Kier alpha value is -1.33. The smallest absolute Gasteiger partial charge is 0.203 e. The van der Waals surface area contributed by atoms with Gasteiger partial charge in [0, 0.05) is 41.9 Å². The summed E-state index contributed by atoms with van der Waals surface area (Å²) in [5.74, 6) is 0.935. The maximum Gasteiger partial charge on any atom is 0.203 e. The monoisotopic (exact) mass is 293 g/mol. The summed E-state index contributed by atoms with van der Waals surface area (Å²) in [6.45, 7) is 9.71. The van der Waals surface area contributed by atoms with E-state index < -0.39 is 0 Å². The molecule has 2 rings (SSSR count). The van der Waals surface area contributed by atoms with E-state index in [-0.39, 0.29) is 0 Å². The number of rotatable bonds is 8. The summed E-state index contributed by atoms with van der Waals surface area (Å²) < 4.78 is 7.49. The quantitative estimate of drug-likeness (QED) is 0.758. The van der Waals surface area contributed by atoms with Gasteiger partial charge in [-0.05, 0) is 38.8 Å². The van der Waals surface area contributed by atoms with Gasteiger partial charge in [0.25, 0.3) is 0 Å². The molecule has 0 aliphatic heterocycles. The second-order valence-electron chi connectivity index (χ2n) is 4.81. The van der Waals surface area contributed by atoms with Crippen LogP contribution in [0.1, 0.15) is 28.7 Å². The minimum Gasteiger partial charge on any atom is -0.382 e. The fourth-order valence-corrected chi connectivity index (χ4v) is 3.07. The Kier molecular flexibility index (Phi) is 5.61. The SMILES string of the molecule is CCOCCCNc1nccn1Cc1cc(C)c(C)s1. The molecule has 0 fully saturated rings. The van der Waals surface area contributed by atoms with Crippen molar-refractivity contribution in [1.29, 1.82) is 0 Å². The Bertz CT molecular complexity index is 513. The van der Waals surface area contributed by atoms with Crippen molar-refractivity contribution >= 4 is 17.3 Å². The van der Waals surface area contributed by atoms with Crippen LogP contribution in [0.15, 0.2) is 18.5 Å². The molecule has 110 valence electrons. The van der Waals surface area contributed by atoms with E-state index in [1.807, 2.05) is 30.7 Å². The predicted octanol–water partition coefficient (Wildman–Crippen LogP) is 3.45. The molecular formula is C15H23N3OS. The van der Waals surface area contributed by atoms with Crippen LogP contribution >= 0.6 is 11.3 Å². The van der Waals surface area contributed by atoms with Crippen molar-refractivity contribution in [1.82, 2.24) is 9.55 Å². The van der Waals surface area contributed by atoms with E-state index in [2.05, 4.69) is 34.8 Å². The summed E-state index contributed by atoms with van der Waals surface area (Å²) >= 11 is 1.86. The third-order valence-corrected chi connectivity index (χ3v) is 4.35. The highest BCUT2D eigenvalue weighted by molar-refractivity contribution is 7.12. The Morgan fingerprint density at radius 3 is 2.95 bits per heavy atom. The minimum atomic E-state index is 0.783. The molecule has 0 amide bonds. The Morgan fingerprint density at radius 2 is 2.25 bits per heavy atom. The minimum absolute atomic E-state index is 0.783. The Labute approximate surface area is 124 Å². The van der Waals surface area contributed by atoms with Crippen molar-refractivity contribution in [3.8, 4) is 0 Å². The molecule has 0 aliphatic carbocycles. The highest BCUT2D eigenvalue weighted by atomic mass is 32.1. The molecule has 4 nitrogen and oxygen atoms in total. The van der Waals surface area contributed by atoms with Crippen molar-refractivity contribution in [3.63, 3.8) is 0 Å². The zero-order valence-electron chi connectivity index (χ0n) is 12.5. The molecule has 0 saturated heterocycles. The first kappa shape index (κ1) is 15.1. The molecule has 5 heteroatoms. The highest BCUT2D eigenvalue weighted by Crippen LogP contribution is 2.22. The zero-order chi connectivity index (χ0) is 14.4. The third kappa shape index (κ3) is 4.08. The van der Waals surface area contributed by atoms with Crippen molar-refractivity contribution in [2.24, 2.45) is 0 Å². The molecule has 0 bridgehead atoms. The number of aromatic nitrogens is 2. The first-order chi connectivity index (χ1) is 9.70. The lowest BCUT2D eigenvalue weighted by Gasteiger charge is -2.09. The van der Waals surface area contributed by atoms with Gasteiger partial charge >= 0.3 is 0 Å². The van der Waals surface area contributed by atoms with Gasteiger partial charge in [-0.2, -0.15) is 0 Å². The molecule has 1 N–H and O–H groups in total. The highest BCUT2D eigenvalue weighted by Gasteiger charge is 2.06. The third-order valence-electron chi connectivity index (χ3n) is 3.21. The summed E-state index contributed by atoms with van der Waals surface area (Å²) in [7, 11) is 0. The lowest BCUT2D eigenvalue weighted by atomic mass is 10.3. The lowest BCUT2D eigenvalue weighted by molar-refractivity contribution is 0.147. The molecule has 0 radical (unpaired) electrons. The second-order valence-corrected chi connectivity index (χ2v) is 6.15. The molecule has 0 atom stereocenters. The topological polar surface area (TPSA) is 39.1 Å². The zero-order valence-corrected chi connectivity index (χ0v) is 13.3. The summed E-state index contributed by atoms with van der Waals surface area (Å²) in [5.41, 5.74) is 1.37. The standard InChI is InChI=1S/C15H23N3OS/c1-4-19-9-5-6-16-15-17-7-8-18(15)11-14-10-12(2)13(3)20-14/h7-8,10H,4-6,9,11H2,1-3H3,(H,16,17). The molecule has 0 spiro atoms. The molecule has 2 aromatic rings. The van der Waals surface area contributed by atoms with Crippen LogP contribution in [0.4, 0.5) is 5.95 Å². The summed E-state index contributed by atoms with van der Waals surface area (Å²) in [6, 6.07) is 2.26. The number of hydrogen-bond acceptors (Lipinski definition) is 4. The van der Waals surface area contributed by atoms with Gasteiger partial charge in [-0.15, -0.1) is 11.3 Å². The van der Waals surface area contributed by atoms with E-state index in [0.29, 0.717) is 0 Å². The Balaban J connectivity index is 1.88. The number of thiophene rings is 1. The molecule has 0 unspecified atom stereocenters. The van der Waals surface area contributed by atoms with E-state index in [1.54, 1.807) is 0 Å². The average Bonchev–Trinajstić information content (AvgIpc) is 2.98. The van der Waals surface area contributed by atoms with E-state index in [4.69, 9.17) is 4.74 Å². The number of ether oxygens (including phenoxy) is 1. The van der Waals surface area contributed by atoms with E-state index in [1.165, 1.54) is 15.3 Å². The first-order valence-corrected chi connectivity index (χ1v) is 7.91. The van der Waals surface area contributed by atoms with Crippen molar-refractivity contribution in [3.05, 3.63) is 33.8 Å². The number of nitrogens with one attached hydrogen (secondary N) is 1. The fraction of sp³-hybridized carbons (Fsp3) is 0.533. The largest absolute Gasteiger partial charge is 0.382 e. The van der Waals surface area contributed by atoms with Crippen LogP contribution in [0, 0.1) is 13.8 Å². The van der Waals surface area contributed by atoms with Gasteiger partial charge in [0.05, 0.1) is 6.54 Å². The molecule has 2 heterocycles. The number of hydrogen-bond donors (Lipinski definition) is 1. The van der Waals surface area contributed by atoms with Crippen LogP contribution in [0.25, 0.3) is 0 Å². The fourth-order valence-electron chi connectivity index (χ4n) is 2.02. The molecule has 0 aliphatic rings. The summed E-state index contributed by atoms with van der Waals surface area (Å²) in [4.78, 5) is 7.14. The van der Waals surface area contributed by atoms with Crippen LogP contribution in [0.3, 0.4) is 0 Å². The van der Waals surface area contributed by atoms with Gasteiger partial charge in [0.2, 0.25) is 5.95 Å². The predicted molar refractivity (Wildman–Crippen MR) is 84.7 cm³/mol. The first-order valence-electron chi connectivity index (χ1n) is 7.09. The molecule has 20 heavy (non-hydrogen) atoms. The number of imidazole rings is 1. The van der Waals surface area contributed by atoms with Crippen LogP contribution in [0.5, 0.6) is 0 Å². The molecule has 0 saturated carbocycles. The molecule has 2 aromatic heterocycles. The van der Waals surface area contributed by atoms with Gasteiger partial charge in [0.15, 0.2) is 0 Å². The second kappa shape index (κ2) is 7.45. The van der Waals surface area contributed by atoms with Crippen LogP contribution in [-0.2, 0) is 11.3 Å². The van der Waals surface area contributed by atoms with Crippen LogP contribution in [-0.4, -0.2) is 29.3 Å². The van der Waals surface area contributed by atoms with Crippen LogP contribution in [0.2, 0.25) is 0 Å². The van der Waals surface area contributed by atoms with Gasteiger partial charge in [-0.25, -0.2) is 4.98 Å². The Morgan fingerprint density at radius 1 is 1.40 bits per heavy atom. The van der Waals surface area contributed by atoms with Gasteiger partial charge in [0.1, 0.15) is 0 Å². The summed E-state index contributed by atoms with van der Waals surface area (Å²) in [6.07, 6.45) is 4.87. The average molecular weight is 293 g/mol. The van der Waals surface area contributed by atoms with E-state index in [9.17, 15) is 0 Å². The van der Waals surface area contributed by atoms with Gasteiger partial charge in [-0.1, -0.05) is 0 Å². The number of nitrogens with zero attached hydrogens (tertiary/aromatic N) is 2. The van der Waals surface area contributed by atoms with E-state index >= 15 is 0 Å². The number of anilines is 1. The van der Waals surface area contributed by atoms with Crippen molar-refractivity contribution in [2.75, 3.05) is 25.1 Å². The summed E-state index contributed by atoms with van der Waals surface area (Å²) in [5, 5.41) is 3.37.